The summed E-state index contributed by atoms with van der Waals surface area (Å²) in [6.07, 6.45) is 1.78. The molecule has 0 atom stereocenters. The average molecular weight is 260 g/mol. The van der Waals surface area contributed by atoms with Crippen molar-refractivity contribution in [1.82, 2.24) is 9.55 Å². The van der Waals surface area contributed by atoms with E-state index >= 15 is 0 Å². The molecule has 1 N–H and O–H groups in total. The third kappa shape index (κ3) is 3.13. The largest absolute Gasteiger partial charge is 0.492 e. The number of imidazole rings is 1. The van der Waals surface area contributed by atoms with E-state index in [1.54, 1.807) is 24.5 Å². The molecule has 0 bridgehead atoms. The fourth-order valence-electron chi connectivity index (χ4n) is 1.75. The van der Waals surface area contributed by atoms with E-state index in [0.29, 0.717) is 18.9 Å². The number of carboxylic acids is 1. The molecule has 2 rings (SSSR count). The van der Waals surface area contributed by atoms with Crippen LogP contribution in [0.15, 0.2) is 30.6 Å². The lowest BCUT2D eigenvalue weighted by atomic mass is 10.2. The molecule has 2 aromatic rings. The van der Waals surface area contributed by atoms with Crippen LogP contribution in [-0.2, 0) is 6.54 Å². The van der Waals surface area contributed by atoms with Crippen LogP contribution in [0, 0.1) is 13.8 Å². The number of hydrogen-bond acceptors (Lipinski definition) is 3. The zero-order valence-corrected chi connectivity index (χ0v) is 11.0. The Bertz CT molecular complexity index is 590. The number of carbonyl (C=O) groups is 1. The first kappa shape index (κ1) is 13.1. The molecule has 0 unspecified atom stereocenters. The number of aromatic carboxylic acids is 1. The summed E-state index contributed by atoms with van der Waals surface area (Å²) in [5.74, 6) is -0.388. The zero-order valence-electron chi connectivity index (χ0n) is 11.0. The van der Waals surface area contributed by atoms with Crippen molar-refractivity contribution in [2.24, 2.45) is 0 Å². The van der Waals surface area contributed by atoms with Crippen molar-refractivity contribution >= 4 is 5.97 Å². The van der Waals surface area contributed by atoms with Gasteiger partial charge in [0.25, 0.3) is 0 Å². The van der Waals surface area contributed by atoms with Crippen molar-refractivity contribution < 1.29 is 14.6 Å². The van der Waals surface area contributed by atoms with E-state index < -0.39 is 5.97 Å². The molecule has 0 amide bonds. The van der Waals surface area contributed by atoms with Gasteiger partial charge in [-0.15, -0.1) is 0 Å². The lowest BCUT2D eigenvalue weighted by Gasteiger charge is -2.08. The first-order valence-electron chi connectivity index (χ1n) is 6.02. The van der Waals surface area contributed by atoms with Crippen LogP contribution in [0.4, 0.5) is 0 Å². The minimum Gasteiger partial charge on any atom is -0.492 e. The van der Waals surface area contributed by atoms with Crippen LogP contribution in [0.2, 0.25) is 0 Å². The Hall–Kier alpha value is -2.30. The van der Waals surface area contributed by atoms with Gasteiger partial charge in [-0.3, -0.25) is 0 Å². The summed E-state index contributed by atoms with van der Waals surface area (Å²) in [4.78, 5) is 15.0. The van der Waals surface area contributed by atoms with Crippen LogP contribution in [0.5, 0.6) is 5.75 Å². The van der Waals surface area contributed by atoms with E-state index in [0.717, 1.165) is 11.4 Å². The molecule has 0 aliphatic rings. The second kappa shape index (κ2) is 5.56. The van der Waals surface area contributed by atoms with Crippen LogP contribution in [-0.4, -0.2) is 27.2 Å². The highest BCUT2D eigenvalue weighted by atomic mass is 16.5. The van der Waals surface area contributed by atoms with Crippen LogP contribution in [0.3, 0.4) is 0 Å². The molecule has 19 heavy (non-hydrogen) atoms. The monoisotopic (exact) mass is 260 g/mol. The van der Waals surface area contributed by atoms with Gasteiger partial charge in [0, 0.05) is 5.69 Å². The van der Waals surface area contributed by atoms with Crippen molar-refractivity contribution in [3.8, 4) is 5.75 Å². The fourth-order valence-corrected chi connectivity index (χ4v) is 1.75. The first-order valence-corrected chi connectivity index (χ1v) is 6.02. The van der Waals surface area contributed by atoms with Crippen LogP contribution in [0.25, 0.3) is 0 Å². The highest BCUT2D eigenvalue weighted by Gasteiger charge is 2.05. The molecule has 1 heterocycles. The number of benzene rings is 1. The van der Waals surface area contributed by atoms with Crippen molar-refractivity contribution in [3.05, 3.63) is 47.5 Å². The summed E-state index contributed by atoms with van der Waals surface area (Å²) in [7, 11) is 0. The number of aromatic nitrogens is 2. The van der Waals surface area contributed by atoms with E-state index in [2.05, 4.69) is 4.98 Å². The predicted molar refractivity (Wildman–Crippen MR) is 70.6 cm³/mol. The lowest BCUT2D eigenvalue weighted by molar-refractivity contribution is 0.0696. The van der Waals surface area contributed by atoms with Crippen molar-refractivity contribution in [2.45, 2.75) is 20.4 Å². The van der Waals surface area contributed by atoms with Gasteiger partial charge < -0.3 is 14.4 Å². The molecule has 0 spiro atoms. The minimum atomic E-state index is -0.952. The Kier molecular flexibility index (Phi) is 3.85. The summed E-state index contributed by atoms with van der Waals surface area (Å²) in [6, 6.07) is 6.48. The smallest absolute Gasteiger partial charge is 0.335 e. The third-order valence-corrected chi connectivity index (χ3v) is 3.03. The van der Waals surface area contributed by atoms with E-state index in [1.807, 2.05) is 18.4 Å². The molecular weight excluding hydrogens is 244 g/mol. The lowest BCUT2D eigenvalue weighted by Crippen LogP contribution is -2.09. The summed E-state index contributed by atoms with van der Waals surface area (Å²) < 4.78 is 7.56. The number of ether oxygens (including phenoxy) is 1. The Labute approximate surface area is 111 Å². The first-order chi connectivity index (χ1) is 9.08. The van der Waals surface area contributed by atoms with Gasteiger partial charge >= 0.3 is 5.97 Å². The molecule has 0 aliphatic heterocycles. The van der Waals surface area contributed by atoms with Crippen molar-refractivity contribution in [1.29, 1.82) is 0 Å². The Morgan fingerprint density at radius 3 is 2.84 bits per heavy atom. The van der Waals surface area contributed by atoms with Gasteiger partial charge in [-0.25, -0.2) is 9.78 Å². The molecule has 0 radical (unpaired) electrons. The summed E-state index contributed by atoms with van der Waals surface area (Å²) in [6.45, 7) is 5.13. The molecule has 0 saturated carbocycles. The molecule has 1 aromatic carbocycles. The number of nitrogens with zero attached hydrogens (tertiary/aromatic N) is 2. The predicted octanol–water partition coefficient (Wildman–Crippen LogP) is 2.28. The molecule has 0 aliphatic carbocycles. The van der Waals surface area contributed by atoms with Gasteiger partial charge in [-0.1, -0.05) is 6.07 Å². The molecule has 0 saturated heterocycles. The molecule has 100 valence electrons. The Morgan fingerprint density at radius 1 is 1.42 bits per heavy atom. The standard InChI is InChI=1S/C14H16N2O3/c1-10-11(2)16(9-15-10)6-7-19-13-5-3-4-12(8-13)14(17)18/h3-5,8-9H,6-7H2,1-2H3,(H,17,18). The minimum absolute atomic E-state index is 0.229. The Balaban J connectivity index is 1.94. The topological polar surface area (TPSA) is 64.4 Å². The number of hydrogen-bond donors (Lipinski definition) is 1. The van der Waals surface area contributed by atoms with E-state index in [1.165, 1.54) is 6.07 Å². The molecule has 1 aromatic heterocycles. The van der Waals surface area contributed by atoms with Crippen molar-refractivity contribution in [3.63, 3.8) is 0 Å². The van der Waals surface area contributed by atoms with Crippen LogP contribution >= 0.6 is 0 Å². The second-order valence-electron chi connectivity index (χ2n) is 4.29. The average Bonchev–Trinajstić information content (AvgIpc) is 2.71. The summed E-state index contributed by atoms with van der Waals surface area (Å²) >= 11 is 0. The molecule has 0 fully saturated rings. The highest BCUT2D eigenvalue weighted by molar-refractivity contribution is 5.87. The number of aryl methyl sites for hydroxylation is 1. The third-order valence-electron chi connectivity index (χ3n) is 3.03. The van der Waals surface area contributed by atoms with Crippen LogP contribution < -0.4 is 4.74 Å². The maximum absolute atomic E-state index is 10.8. The van der Waals surface area contributed by atoms with E-state index in [9.17, 15) is 4.79 Å². The van der Waals surface area contributed by atoms with Gasteiger partial charge in [0.2, 0.25) is 0 Å². The quantitative estimate of drug-likeness (QED) is 0.895. The van der Waals surface area contributed by atoms with Crippen LogP contribution in [0.1, 0.15) is 21.7 Å². The maximum Gasteiger partial charge on any atom is 0.335 e. The maximum atomic E-state index is 10.8. The van der Waals surface area contributed by atoms with Crippen molar-refractivity contribution in [2.75, 3.05) is 6.61 Å². The summed E-state index contributed by atoms with van der Waals surface area (Å²) in [5, 5.41) is 8.88. The van der Waals surface area contributed by atoms with E-state index in [-0.39, 0.29) is 5.56 Å². The van der Waals surface area contributed by atoms with Gasteiger partial charge in [-0.05, 0) is 32.0 Å². The molecular formula is C14H16N2O3. The van der Waals surface area contributed by atoms with Gasteiger partial charge in [0.1, 0.15) is 12.4 Å². The van der Waals surface area contributed by atoms with Gasteiger partial charge in [0.15, 0.2) is 0 Å². The fraction of sp³-hybridized carbons (Fsp3) is 0.286. The molecule has 5 heteroatoms. The van der Waals surface area contributed by atoms with Gasteiger partial charge in [0.05, 0.1) is 24.1 Å². The zero-order chi connectivity index (χ0) is 13.8. The Morgan fingerprint density at radius 2 is 2.21 bits per heavy atom. The van der Waals surface area contributed by atoms with Gasteiger partial charge in [-0.2, -0.15) is 0 Å². The number of carboxylic acid groups (broad SMARTS) is 1. The number of rotatable bonds is 5. The SMILES string of the molecule is Cc1ncn(CCOc2cccc(C(=O)O)c2)c1C. The molecule has 5 nitrogen and oxygen atoms in total. The summed E-state index contributed by atoms with van der Waals surface area (Å²) in [5.41, 5.74) is 2.35. The second-order valence-corrected chi connectivity index (χ2v) is 4.29. The highest BCUT2D eigenvalue weighted by Crippen LogP contribution is 2.13. The normalized spacial score (nSPS) is 10.4. The van der Waals surface area contributed by atoms with E-state index in [4.69, 9.17) is 9.84 Å².